The number of carbonyl (C=O) groups excluding carboxylic acids is 1. The Morgan fingerprint density at radius 2 is 1.96 bits per heavy atom. The zero-order chi connectivity index (χ0) is 18.6. The largest absolute Gasteiger partial charge is 0.454 e. The van der Waals surface area contributed by atoms with Gasteiger partial charge in [0.25, 0.3) is 5.56 Å². The SMILES string of the molecule is O=C(NCc1cc(=O)[nH]cn1)N1CCN(Cc2ccc3c(c2)OCO3)CC1. The lowest BCUT2D eigenvalue weighted by atomic mass is 10.1. The second-order valence-electron chi connectivity index (χ2n) is 6.51. The zero-order valence-electron chi connectivity index (χ0n) is 14.8. The third kappa shape index (κ3) is 4.20. The predicted octanol–water partition coefficient (Wildman–Crippen LogP) is 0.526. The molecule has 2 aliphatic rings. The summed E-state index contributed by atoms with van der Waals surface area (Å²) in [7, 11) is 0. The number of benzene rings is 1. The van der Waals surface area contributed by atoms with E-state index >= 15 is 0 Å². The average Bonchev–Trinajstić information content (AvgIpc) is 3.15. The molecule has 2 amide bonds. The van der Waals surface area contributed by atoms with E-state index in [9.17, 15) is 9.59 Å². The van der Waals surface area contributed by atoms with Crippen molar-refractivity contribution in [1.82, 2.24) is 25.1 Å². The maximum Gasteiger partial charge on any atom is 0.317 e. The second kappa shape index (κ2) is 7.67. The van der Waals surface area contributed by atoms with Gasteiger partial charge in [-0.1, -0.05) is 6.07 Å². The minimum absolute atomic E-state index is 0.139. The molecule has 4 rings (SSSR count). The van der Waals surface area contributed by atoms with E-state index in [1.807, 2.05) is 18.2 Å². The summed E-state index contributed by atoms with van der Waals surface area (Å²) in [6, 6.07) is 7.23. The molecule has 1 fully saturated rings. The summed E-state index contributed by atoms with van der Waals surface area (Å²) in [6.07, 6.45) is 1.33. The van der Waals surface area contributed by atoms with E-state index < -0.39 is 0 Å². The highest BCUT2D eigenvalue weighted by Crippen LogP contribution is 2.32. The fraction of sp³-hybridized carbons (Fsp3) is 0.389. The molecule has 1 aromatic heterocycles. The summed E-state index contributed by atoms with van der Waals surface area (Å²) in [5.74, 6) is 1.58. The lowest BCUT2D eigenvalue weighted by Gasteiger charge is -2.34. The smallest absolute Gasteiger partial charge is 0.317 e. The number of urea groups is 1. The molecule has 0 radical (unpaired) electrons. The van der Waals surface area contributed by atoms with E-state index in [2.05, 4.69) is 20.2 Å². The molecular weight excluding hydrogens is 350 g/mol. The number of hydrogen-bond donors (Lipinski definition) is 2. The van der Waals surface area contributed by atoms with Crippen LogP contribution in [0.5, 0.6) is 11.5 Å². The number of ether oxygens (including phenoxy) is 2. The number of aromatic nitrogens is 2. The van der Waals surface area contributed by atoms with Crippen LogP contribution in [0.2, 0.25) is 0 Å². The Morgan fingerprint density at radius 1 is 1.15 bits per heavy atom. The summed E-state index contributed by atoms with van der Waals surface area (Å²) < 4.78 is 10.8. The number of carbonyl (C=O) groups is 1. The number of piperazine rings is 1. The molecular formula is C18H21N5O4. The molecule has 0 saturated carbocycles. The number of fused-ring (bicyclic) bond motifs is 1. The van der Waals surface area contributed by atoms with Crippen LogP contribution < -0.4 is 20.3 Å². The third-order valence-corrected chi connectivity index (χ3v) is 4.66. The normalized spacial score (nSPS) is 16.4. The van der Waals surface area contributed by atoms with Crippen LogP contribution in [0, 0.1) is 0 Å². The molecule has 0 spiro atoms. The molecule has 0 bridgehead atoms. The minimum Gasteiger partial charge on any atom is -0.454 e. The highest BCUT2D eigenvalue weighted by atomic mass is 16.7. The van der Waals surface area contributed by atoms with Gasteiger partial charge in [0.1, 0.15) is 0 Å². The van der Waals surface area contributed by atoms with Gasteiger partial charge in [0.2, 0.25) is 6.79 Å². The molecule has 27 heavy (non-hydrogen) atoms. The van der Waals surface area contributed by atoms with Crippen LogP contribution in [-0.4, -0.2) is 58.8 Å². The summed E-state index contributed by atoms with van der Waals surface area (Å²) >= 11 is 0. The highest BCUT2D eigenvalue weighted by molar-refractivity contribution is 5.74. The van der Waals surface area contributed by atoms with Gasteiger partial charge in [0.15, 0.2) is 11.5 Å². The first kappa shape index (κ1) is 17.3. The number of hydrogen-bond acceptors (Lipinski definition) is 6. The molecule has 2 N–H and O–H groups in total. The van der Waals surface area contributed by atoms with Crippen molar-refractivity contribution in [3.8, 4) is 11.5 Å². The summed E-state index contributed by atoms with van der Waals surface area (Å²) in [4.78, 5) is 34.1. The molecule has 1 saturated heterocycles. The first-order valence-electron chi connectivity index (χ1n) is 8.85. The van der Waals surface area contributed by atoms with E-state index in [1.165, 1.54) is 12.4 Å². The van der Waals surface area contributed by atoms with Gasteiger partial charge in [-0.05, 0) is 17.7 Å². The van der Waals surface area contributed by atoms with Gasteiger partial charge in [-0.25, -0.2) is 9.78 Å². The highest BCUT2D eigenvalue weighted by Gasteiger charge is 2.22. The third-order valence-electron chi connectivity index (χ3n) is 4.66. The first-order valence-corrected chi connectivity index (χ1v) is 8.85. The quantitative estimate of drug-likeness (QED) is 0.813. The van der Waals surface area contributed by atoms with Crippen molar-refractivity contribution in [1.29, 1.82) is 0 Å². The van der Waals surface area contributed by atoms with Crippen LogP contribution in [0.15, 0.2) is 35.4 Å². The maximum absolute atomic E-state index is 12.3. The Hall–Kier alpha value is -3.07. The van der Waals surface area contributed by atoms with Crippen molar-refractivity contribution in [3.05, 3.63) is 52.2 Å². The van der Waals surface area contributed by atoms with Crippen LogP contribution in [-0.2, 0) is 13.1 Å². The fourth-order valence-corrected chi connectivity index (χ4v) is 3.19. The van der Waals surface area contributed by atoms with Crippen LogP contribution >= 0.6 is 0 Å². The predicted molar refractivity (Wildman–Crippen MR) is 96.5 cm³/mol. The van der Waals surface area contributed by atoms with Gasteiger partial charge in [0, 0.05) is 38.8 Å². The van der Waals surface area contributed by atoms with Crippen molar-refractivity contribution in [2.45, 2.75) is 13.1 Å². The average molecular weight is 371 g/mol. The molecule has 142 valence electrons. The molecule has 0 aliphatic carbocycles. The van der Waals surface area contributed by atoms with Crippen molar-refractivity contribution >= 4 is 6.03 Å². The minimum atomic E-state index is -0.230. The van der Waals surface area contributed by atoms with Crippen molar-refractivity contribution in [2.75, 3.05) is 33.0 Å². The monoisotopic (exact) mass is 371 g/mol. The molecule has 9 heteroatoms. The second-order valence-corrected chi connectivity index (χ2v) is 6.51. The number of nitrogens with one attached hydrogen (secondary N) is 2. The Kier molecular flexibility index (Phi) is 4.93. The van der Waals surface area contributed by atoms with Crippen LogP contribution in [0.3, 0.4) is 0 Å². The molecule has 1 aromatic carbocycles. The van der Waals surface area contributed by atoms with Crippen LogP contribution in [0.25, 0.3) is 0 Å². The lowest BCUT2D eigenvalue weighted by Crippen LogP contribution is -2.51. The van der Waals surface area contributed by atoms with Gasteiger partial charge in [-0.3, -0.25) is 9.69 Å². The molecule has 2 aliphatic heterocycles. The number of rotatable bonds is 4. The number of amides is 2. The van der Waals surface area contributed by atoms with Crippen LogP contribution in [0.1, 0.15) is 11.3 Å². The van der Waals surface area contributed by atoms with Crippen molar-refractivity contribution in [2.24, 2.45) is 0 Å². The first-order chi connectivity index (χ1) is 13.2. The van der Waals surface area contributed by atoms with Gasteiger partial charge < -0.3 is 24.7 Å². The van der Waals surface area contributed by atoms with E-state index in [1.54, 1.807) is 4.90 Å². The molecule has 3 heterocycles. The molecule has 0 unspecified atom stereocenters. The number of nitrogens with zero attached hydrogens (tertiary/aromatic N) is 3. The fourth-order valence-electron chi connectivity index (χ4n) is 3.19. The lowest BCUT2D eigenvalue weighted by molar-refractivity contribution is 0.135. The van der Waals surface area contributed by atoms with Gasteiger partial charge >= 0.3 is 6.03 Å². The Balaban J connectivity index is 1.24. The Bertz CT molecular complexity index is 876. The van der Waals surface area contributed by atoms with Gasteiger partial charge in [-0.2, -0.15) is 0 Å². The zero-order valence-corrected chi connectivity index (χ0v) is 14.8. The van der Waals surface area contributed by atoms with E-state index in [0.29, 0.717) is 18.8 Å². The molecule has 9 nitrogen and oxygen atoms in total. The number of H-pyrrole nitrogens is 1. The maximum atomic E-state index is 12.3. The topological polar surface area (TPSA) is 99.8 Å². The van der Waals surface area contributed by atoms with Gasteiger partial charge in [-0.15, -0.1) is 0 Å². The Labute approximate surface area is 155 Å². The van der Waals surface area contributed by atoms with E-state index in [4.69, 9.17) is 9.47 Å². The summed E-state index contributed by atoms with van der Waals surface area (Å²) in [5, 5.41) is 2.81. The van der Waals surface area contributed by atoms with Gasteiger partial charge in [0.05, 0.1) is 18.6 Å². The number of aromatic amines is 1. The molecule has 0 atom stereocenters. The molecule has 2 aromatic rings. The van der Waals surface area contributed by atoms with Crippen LogP contribution in [0.4, 0.5) is 4.79 Å². The van der Waals surface area contributed by atoms with Crippen molar-refractivity contribution < 1.29 is 14.3 Å². The van der Waals surface area contributed by atoms with E-state index in [0.717, 1.165) is 36.7 Å². The summed E-state index contributed by atoms with van der Waals surface area (Å²) in [5.41, 5.74) is 1.47. The Morgan fingerprint density at radius 3 is 2.78 bits per heavy atom. The standard InChI is InChI=1S/C18H21N5O4/c24-17-8-14(20-11-21-17)9-19-18(25)23-5-3-22(4-6-23)10-13-1-2-15-16(7-13)27-12-26-15/h1-2,7-8,11H,3-6,9-10,12H2,(H,19,25)(H,20,21,24). The summed E-state index contributed by atoms with van der Waals surface area (Å²) in [6.45, 7) is 4.22. The van der Waals surface area contributed by atoms with E-state index in [-0.39, 0.29) is 24.9 Å². The van der Waals surface area contributed by atoms with Crippen molar-refractivity contribution in [3.63, 3.8) is 0 Å².